The quantitative estimate of drug-likeness (QED) is 0.436. The van der Waals surface area contributed by atoms with Crippen LogP contribution in [0.5, 0.6) is 0 Å². The molecule has 0 aliphatic heterocycles. The van der Waals surface area contributed by atoms with Crippen molar-refractivity contribution in [3.8, 4) is 0 Å². The highest BCUT2D eigenvalue weighted by atomic mass is 127. The molecular weight excluding hydrogens is 269 g/mol. The molecule has 0 rings (SSSR count). The number of thiocarbonyl (C=S) groups is 1. The van der Waals surface area contributed by atoms with Crippen LogP contribution in [0.15, 0.2) is 0 Å². The van der Waals surface area contributed by atoms with E-state index in [1.165, 1.54) is 0 Å². The third kappa shape index (κ3) is 3.69. The number of halogens is 1. The second kappa shape index (κ2) is 4.60. The monoisotopic (exact) mass is 285 g/mol. The van der Waals surface area contributed by atoms with Crippen LogP contribution in [0.25, 0.3) is 0 Å². The topological polar surface area (TPSA) is 3.24 Å². The van der Waals surface area contributed by atoms with Crippen molar-refractivity contribution in [2.45, 2.75) is 33.2 Å². The van der Waals surface area contributed by atoms with E-state index in [1.54, 1.807) is 0 Å². The zero-order valence-corrected chi connectivity index (χ0v) is 10.6. The molecule has 0 aromatic heterocycles. The Hall–Kier alpha value is 0.620. The molecule has 0 atom stereocenters. The normalized spacial score (nSPS) is 11.4. The molecular formula is C8H16INS. The van der Waals surface area contributed by atoms with E-state index in [0.717, 1.165) is 16.0 Å². The van der Waals surface area contributed by atoms with Crippen LogP contribution in [-0.2, 0) is 0 Å². The first-order valence-corrected chi connectivity index (χ1v) is 5.73. The smallest absolute Gasteiger partial charge is 0.0882 e. The molecule has 0 spiro atoms. The summed E-state index contributed by atoms with van der Waals surface area (Å²) in [5, 5.41) is 0. The van der Waals surface area contributed by atoms with Gasteiger partial charge in [-0.2, -0.15) is 0 Å². The standard InChI is InChI=1S/C8H16INS/c1-5-10(7(11)6-9)8(2,3)4/h5-6H2,1-4H3. The maximum Gasteiger partial charge on any atom is 0.0882 e. The first kappa shape index (κ1) is 11.6. The molecule has 0 aliphatic carbocycles. The van der Waals surface area contributed by atoms with Gasteiger partial charge in [0.2, 0.25) is 0 Å². The van der Waals surface area contributed by atoms with E-state index in [2.05, 4.69) is 55.2 Å². The van der Waals surface area contributed by atoms with E-state index in [-0.39, 0.29) is 5.54 Å². The molecule has 0 N–H and O–H groups in total. The van der Waals surface area contributed by atoms with Crippen molar-refractivity contribution in [3.05, 3.63) is 0 Å². The van der Waals surface area contributed by atoms with Crippen molar-refractivity contribution in [3.63, 3.8) is 0 Å². The summed E-state index contributed by atoms with van der Waals surface area (Å²) in [4.78, 5) is 3.31. The Morgan fingerprint density at radius 2 is 1.91 bits per heavy atom. The van der Waals surface area contributed by atoms with Crippen LogP contribution < -0.4 is 0 Å². The van der Waals surface area contributed by atoms with Crippen molar-refractivity contribution >= 4 is 39.8 Å². The molecule has 3 heteroatoms. The van der Waals surface area contributed by atoms with Gasteiger partial charge in [-0.1, -0.05) is 34.8 Å². The minimum atomic E-state index is 0.178. The second-order valence-electron chi connectivity index (χ2n) is 3.44. The fraction of sp³-hybridized carbons (Fsp3) is 0.875. The van der Waals surface area contributed by atoms with Crippen molar-refractivity contribution in [2.75, 3.05) is 11.0 Å². The predicted octanol–water partition coefficient (Wildman–Crippen LogP) is 2.87. The zero-order valence-electron chi connectivity index (χ0n) is 7.65. The number of nitrogens with zero attached hydrogens (tertiary/aromatic N) is 1. The average Bonchev–Trinajstić information content (AvgIpc) is 1.86. The minimum Gasteiger partial charge on any atom is -0.361 e. The van der Waals surface area contributed by atoms with E-state index < -0.39 is 0 Å². The second-order valence-corrected chi connectivity index (χ2v) is 4.68. The van der Waals surface area contributed by atoms with Crippen LogP contribution in [0.1, 0.15) is 27.7 Å². The van der Waals surface area contributed by atoms with E-state index >= 15 is 0 Å². The van der Waals surface area contributed by atoms with Crippen LogP contribution in [0.2, 0.25) is 0 Å². The lowest BCUT2D eigenvalue weighted by molar-refractivity contribution is 0.251. The summed E-state index contributed by atoms with van der Waals surface area (Å²) in [5.74, 6) is 0. The van der Waals surface area contributed by atoms with Crippen molar-refractivity contribution in [2.24, 2.45) is 0 Å². The SMILES string of the molecule is CCN(C(=S)CI)C(C)(C)C. The third-order valence-corrected chi connectivity index (χ3v) is 3.15. The number of rotatable bonds is 2. The Morgan fingerprint density at radius 3 is 2.00 bits per heavy atom. The number of hydrogen-bond acceptors (Lipinski definition) is 1. The third-order valence-electron chi connectivity index (χ3n) is 1.54. The molecule has 0 aliphatic rings. The summed E-state index contributed by atoms with van der Waals surface area (Å²) in [7, 11) is 0. The van der Waals surface area contributed by atoms with E-state index in [9.17, 15) is 0 Å². The maximum absolute atomic E-state index is 5.24. The molecule has 0 bridgehead atoms. The van der Waals surface area contributed by atoms with E-state index in [4.69, 9.17) is 12.2 Å². The largest absolute Gasteiger partial charge is 0.361 e. The summed E-state index contributed by atoms with van der Waals surface area (Å²) in [6.45, 7) is 9.72. The van der Waals surface area contributed by atoms with Crippen LogP contribution in [0.3, 0.4) is 0 Å². The highest BCUT2D eigenvalue weighted by Crippen LogP contribution is 2.14. The lowest BCUT2D eigenvalue weighted by Crippen LogP contribution is -2.45. The first-order valence-electron chi connectivity index (χ1n) is 3.80. The van der Waals surface area contributed by atoms with Gasteiger partial charge in [0.25, 0.3) is 0 Å². The molecule has 0 heterocycles. The van der Waals surface area contributed by atoms with Gasteiger partial charge in [-0.3, -0.25) is 0 Å². The molecule has 0 saturated carbocycles. The van der Waals surface area contributed by atoms with Gasteiger partial charge < -0.3 is 4.90 Å². The van der Waals surface area contributed by atoms with Gasteiger partial charge in [-0.15, -0.1) is 0 Å². The number of hydrogen-bond donors (Lipinski definition) is 0. The first-order chi connectivity index (χ1) is 4.93. The average molecular weight is 285 g/mol. The lowest BCUT2D eigenvalue weighted by Gasteiger charge is -2.36. The summed E-state index contributed by atoms with van der Waals surface area (Å²) in [5.41, 5.74) is 0.178. The van der Waals surface area contributed by atoms with Crippen molar-refractivity contribution < 1.29 is 0 Å². The van der Waals surface area contributed by atoms with Gasteiger partial charge in [0.05, 0.1) is 9.42 Å². The summed E-state index contributed by atoms with van der Waals surface area (Å²) in [6, 6.07) is 0. The Bertz CT molecular complexity index is 140. The van der Waals surface area contributed by atoms with Crippen molar-refractivity contribution in [1.82, 2.24) is 4.90 Å². The summed E-state index contributed by atoms with van der Waals surface area (Å²) < 4.78 is 0.943. The molecule has 66 valence electrons. The van der Waals surface area contributed by atoms with Gasteiger partial charge in [0, 0.05) is 12.1 Å². The summed E-state index contributed by atoms with van der Waals surface area (Å²) in [6.07, 6.45) is 0. The van der Waals surface area contributed by atoms with Gasteiger partial charge in [-0.25, -0.2) is 0 Å². The molecule has 0 saturated heterocycles. The van der Waals surface area contributed by atoms with E-state index in [0.29, 0.717) is 0 Å². The molecule has 0 fully saturated rings. The zero-order chi connectivity index (χ0) is 9.07. The lowest BCUT2D eigenvalue weighted by atomic mass is 10.1. The molecule has 11 heavy (non-hydrogen) atoms. The van der Waals surface area contributed by atoms with Crippen LogP contribution >= 0.6 is 34.8 Å². The molecule has 1 nitrogen and oxygen atoms in total. The minimum absolute atomic E-state index is 0.178. The Kier molecular flexibility index (Phi) is 4.86. The van der Waals surface area contributed by atoms with Crippen LogP contribution in [0.4, 0.5) is 0 Å². The van der Waals surface area contributed by atoms with Crippen LogP contribution in [0, 0.1) is 0 Å². The molecule has 0 unspecified atom stereocenters. The molecule has 0 aromatic rings. The highest BCUT2D eigenvalue weighted by Gasteiger charge is 2.20. The fourth-order valence-corrected chi connectivity index (χ4v) is 1.91. The Labute approximate surface area is 88.7 Å². The van der Waals surface area contributed by atoms with E-state index in [1.807, 2.05) is 0 Å². The molecule has 0 radical (unpaired) electrons. The van der Waals surface area contributed by atoms with Crippen molar-refractivity contribution in [1.29, 1.82) is 0 Å². The molecule has 0 aromatic carbocycles. The Balaban J connectivity index is 4.29. The van der Waals surface area contributed by atoms with Crippen LogP contribution in [-0.4, -0.2) is 26.4 Å². The highest BCUT2D eigenvalue weighted by molar-refractivity contribution is 14.1. The Morgan fingerprint density at radius 1 is 1.45 bits per heavy atom. The van der Waals surface area contributed by atoms with Gasteiger partial charge in [-0.05, 0) is 27.7 Å². The predicted molar refractivity (Wildman–Crippen MR) is 63.6 cm³/mol. The maximum atomic E-state index is 5.24. The van der Waals surface area contributed by atoms with Gasteiger partial charge in [0.15, 0.2) is 0 Å². The fourth-order valence-electron chi connectivity index (χ4n) is 1.10. The van der Waals surface area contributed by atoms with Gasteiger partial charge in [0.1, 0.15) is 0 Å². The number of alkyl halides is 1. The summed E-state index contributed by atoms with van der Waals surface area (Å²) >= 11 is 7.55. The van der Waals surface area contributed by atoms with Gasteiger partial charge >= 0.3 is 0 Å². The molecule has 0 amide bonds.